The van der Waals surface area contributed by atoms with E-state index in [1.165, 1.54) is 0 Å². The molecule has 0 fully saturated rings. The molecule has 0 atom stereocenters. The minimum absolute atomic E-state index is 0.0164. The molecule has 20 heavy (non-hydrogen) atoms. The van der Waals surface area contributed by atoms with Crippen LogP contribution in [0.3, 0.4) is 0 Å². The van der Waals surface area contributed by atoms with Crippen LogP contribution in [0.15, 0.2) is 48.5 Å². The minimum atomic E-state index is -0.0164. The molecule has 1 N–H and O–H groups in total. The zero-order valence-electron chi connectivity index (χ0n) is 11.1. The predicted molar refractivity (Wildman–Crippen MR) is 79.4 cm³/mol. The molecule has 0 spiro atoms. The van der Waals surface area contributed by atoms with E-state index in [0.717, 1.165) is 23.5 Å². The molecule has 0 bridgehead atoms. The molecule has 106 valence electrons. The van der Waals surface area contributed by atoms with Gasteiger partial charge in [-0.1, -0.05) is 29.8 Å². The van der Waals surface area contributed by atoms with Crippen LogP contribution in [0.2, 0.25) is 5.02 Å². The van der Waals surface area contributed by atoms with Gasteiger partial charge in [0.2, 0.25) is 0 Å². The third-order valence-electron chi connectivity index (χ3n) is 2.77. The molecular formula is C16H17ClO3. The fourth-order valence-electron chi connectivity index (χ4n) is 1.74. The molecule has 0 unspecified atom stereocenters. The van der Waals surface area contributed by atoms with Gasteiger partial charge in [0, 0.05) is 17.0 Å². The van der Waals surface area contributed by atoms with Crippen LogP contribution >= 0.6 is 11.6 Å². The summed E-state index contributed by atoms with van der Waals surface area (Å²) in [6.45, 7) is 1.10. The summed E-state index contributed by atoms with van der Waals surface area (Å²) in [5, 5.41) is 9.87. The third kappa shape index (κ3) is 4.44. The minimum Gasteiger partial charge on any atom is -0.493 e. The molecule has 0 saturated carbocycles. The van der Waals surface area contributed by atoms with E-state index in [4.69, 9.17) is 21.1 Å². The number of aliphatic hydroxyl groups is 1. The number of ether oxygens (including phenoxy) is 2. The Hall–Kier alpha value is -1.71. The summed E-state index contributed by atoms with van der Waals surface area (Å²) in [4.78, 5) is 0. The molecule has 4 heteroatoms. The highest BCUT2D eigenvalue weighted by Gasteiger charge is 2.01. The first-order chi connectivity index (χ1) is 9.79. The molecule has 2 aromatic rings. The number of aliphatic hydroxyl groups excluding tert-OH is 1. The van der Waals surface area contributed by atoms with Crippen LogP contribution in [0.4, 0.5) is 0 Å². The first kappa shape index (κ1) is 14.7. The Labute approximate surface area is 123 Å². The molecule has 3 nitrogen and oxygen atoms in total. The van der Waals surface area contributed by atoms with Gasteiger partial charge in [-0.05, 0) is 30.3 Å². The lowest BCUT2D eigenvalue weighted by atomic mass is 10.2. The maximum Gasteiger partial charge on any atom is 0.124 e. The number of halogens is 1. The summed E-state index contributed by atoms with van der Waals surface area (Å²) in [6.07, 6.45) is 0.766. The lowest BCUT2D eigenvalue weighted by Gasteiger charge is -2.10. The van der Waals surface area contributed by atoms with E-state index >= 15 is 0 Å². The van der Waals surface area contributed by atoms with Crippen LogP contribution in [0, 0.1) is 0 Å². The summed E-state index contributed by atoms with van der Waals surface area (Å²) in [5.74, 6) is 1.52. The maximum atomic E-state index is 9.18. The van der Waals surface area contributed by atoms with E-state index in [9.17, 15) is 5.11 Å². The van der Waals surface area contributed by atoms with Crippen molar-refractivity contribution in [1.29, 1.82) is 0 Å². The van der Waals surface area contributed by atoms with Gasteiger partial charge in [-0.15, -0.1) is 0 Å². The topological polar surface area (TPSA) is 38.7 Å². The van der Waals surface area contributed by atoms with E-state index < -0.39 is 0 Å². The summed E-state index contributed by atoms with van der Waals surface area (Å²) in [6, 6.07) is 14.7. The van der Waals surface area contributed by atoms with Crippen molar-refractivity contribution in [3.8, 4) is 11.5 Å². The van der Waals surface area contributed by atoms with Gasteiger partial charge in [0.05, 0.1) is 19.8 Å². The van der Waals surface area contributed by atoms with Crippen molar-refractivity contribution in [2.24, 2.45) is 0 Å². The van der Waals surface area contributed by atoms with Gasteiger partial charge in [0.15, 0.2) is 0 Å². The summed E-state index contributed by atoms with van der Waals surface area (Å²) in [5.41, 5.74) is 0.797. The molecule has 0 heterocycles. The second kappa shape index (κ2) is 7.78. The number of hydrogen-bond acceptors (Lipinski definition) is 3. The fraction of sp³-hybridized carbons (Fsp3) is 0.250. The quantitative estimate of drug-likeness (QED) is 0.791. The van der Waals surface area contributed by atoms with Crippen LogP contribution in [0.5, 0.6) is 11.5 Å². The lowest BCUT2D eigenvalue weighted by Crippen LogP contribution is -2.06. The molecule has 0 saturated heterocycles. The molecule has 0 radical (unpaired) electrons. The highest BCUT2D eigenvalue weighted by Crippen LogP contribution is 2.18. The number of para-hydroxylation sites is 1. The third-order valence-corrected chi connectivity index (χ3v) is 3.02. The van der Waals surface area contributed by atoms with Crippen molar-refractivity contribution < 1.29 is 14.6 Å². The van der Waals surface area contributed by atoms with E-state index in [2.05, 4.69) is 0 Å². The average Bonchev–Trinajstić information content (AvgIpc) is 2.49. The first-order valence-corrected chi connectivity index (χ1v) is 6.87. The summed E-state index contributed by atoms with van der Waals surface area (Å²) in [7, 11) is 0. The molecule has 0 aliphatic carbocycles. The van der Waals surface area contributed by atoms with Crippen molar-refractivity contribution in [2.45, 2.75) is 13.0 Å². The molecule has 2 rings (SSSR count). The summed E-state index contributed by atoms with van der Waals surface area (Å²) >= 11 is 5.80. The standard InChI is InChI=1S/C16H17ClO3/c17-14-6-8-15(9-7-14)19-10-3-11-20-16-5-2-1-4-13(16)12-18/h1-2,4-9,18H,3,10-12H2. The van der Waals surface area contributed by atoms with Gasteiger partial charge in [0.1, 0.15) is 11.5 Å². The SMILES string of the molecule is OCc1ccccc1OCCCOc1ccc(Cl)cc1. The van der Waals surface area contributed by atoms with E-state index in [1.807, 2.05) is 36.4 Å². The van der Waals surface area contributed by atoms with E-state index in [1.54, 1.807) is 12.1 Å². The van der Waals surface area contributed by atoms with Crippen molar-refractivity contribution in [3.05, 3.63) is 59.1 Å². The van der Waals surface area contributed by atoms with Crippen molar-refractivity contribution >= 4 is 11.6 Å². The van der Waals surface area contributed by atoms with Gasteiger partial charge in [-0.2, -0.15) is 0 Å². The zero-order chi connectivity index (χ0) is 14.2. The molecule has 2 aromatic carbocycles. The fourth-order valence-corrected chi connectivity index (χ4v) is 1.86. The molecule has 0 aliphatic heterocycles. The van der Waals surface area contributed by atoms with Crippen molar-refractivity contribution in [2.75, 3.05) is 13.2 Å². The molecule has 0 aromatic heterocycles. The van der Waals surface area contributed by atoms with Crippen LogP contribution in [-0.2, 0) is 6.61 Å². The summed E-state index contributed by atoms with van der Waals surface area (Å²) < 4.78 is 11.2. The Morgan fingerprint density at radius 3 is 2.35 bits per heavy atom. The predicted octanol–water partition coefficient (Wildman–Crippen LogP) is 3.68. The number of benzene rings is 2. The van der Waals surface area contributed by atoms with E-state index in [0.29, 0.717) is 18.2 Å². The molecule has 0 amide bonds. The Bertz CT molecular complexity index is 526. The molecule has 0 aliphatic rings. The van der Waals surface area contributed by atoms with Crippen LogP contribution in [0.1, 0.15) is 12.0 Å². The Morgan fingerprint density at radius 2 is 1.60 bits per heavy atom. The normalized spacial score (nSPS) is 10.3. The van der Waals surface area contributed by atoms with E-state index in [-0.39, 0.29) is 6.61 Å². The number of rotatable bonds is 7. The lowest BCUT2D eigenvalue weighted by molar-refractivity contribution is 0.236. The second-order valence-corrected chi connectivity index (χ2v) is 4.71. The van der Waals surface area contributed by atoms with Gasteiger partial charge >= 0.3 is 0 Å². The highest BCUT2D eigenvalue weighted by atomic mass is 35.5. The van der Waals surface area contributed by atoms with Crippen molar-refractivity contribution in [1.82, 2.24) is 0 Å². The molecular weight excluding hydrogens is 276 g/mol. The van der Waals surface area contributed by atoms with Crippen LogP contribution < -0.4 is 9.47 Å². The van der Waals surface area contributed by atoms with Crippen LogP contribution in [0.25, 0.3) is 0 Å². The second-order valence-electron chi connectivity index (χ2n) is 4.27. The average molecular weight is 293 g/mol. The van der Waals surface area contributed by atoms with Crippen molar-refractivity contribution in [3.63, 3.8) is 0 Å². The largest absolute Gasteiger partial charge is 0.493 e. The first-order valence-electron chi connectivity index (χ1n) is 6.49. The Kier molecular flexibility index (Phi) is 5.71. The Morgan fingerprint density at radius 1 is 0.900 bits per heavy atom. The van der Waals surface area contributed by atoms with Gasteiger partial charge < -0.3 is 14.6 Å². The van der Waals surface area contributed by atoms with Gasteiger partial charge in [-0.25, -0.2) is 0 Å². The van der Waals surface area contributed by atoms with Crippen LogP contribution in [-0.4, -0.2) is 18.3 Å². The monoisotopic (exact) mass is 292 g/mol. The van der Waals surface area contributed by atoms with Gasteiger partial charge in [0.25, 0.3) is 0 Å². The Balaban J connectivity index is 1.70. The smallest absolute Gasteiger partial charge is 0.124 e. The highest BCUT2D eigenvalue weighted by molar-refractivity contribution is 6.30. The zero-order valence-corrected chi connectivity index (χ0v) is 11.8. The van der Waals surface area contributed by atoms with Gasteiger partial charge in [-0.3, -0.25) is 0 Å². The maximum absolute atomic E-state index is 9.18. The number of hydrogen-bond donors (Lipinski definition) is 1.